The van der Waals surface area contributed by atoms with E-state index in [0.717, 1.165) is 18.8 Å². The molecule has 1 amide bonds. The first-order valence-corrected chi connectivity index (χ1v) is 6.55. The van der Waals surface area contributed by atoms with Gasteiger partial charge in [0.2, 0.25) is 5.91 Å². The molecule has 1 fully saturated rings. The van der Waals surface area contributed by atoms with Crippen LogP contribution in [0.15, 0.2) is 24.3 Å². The van der Waals surface area contributed by atoms with Crippen molar-refractivity contribution in [3.8, 4) is 0 Å². The summed E-state index contributed by atoms with van der Waals surface area (Å²) in [6.45, 7) is 4.17. The summed E-state index contributed by atoms with van der Waals surface area (Å²) in [7, 11) is 0. The van der Waals surface area contributed by atoms with Gasteiger partial charge in [0.1, 0.15) is 5.92 Å². The maximum Gasteiger partial charge on any atom is 0.315 e. The van der Waals surface area contributed by atoms with Crippen molar-refractivity contribution in [2.24, 2.45) is 5.92 Å². The molecule has 1 atom stereocenters. The van der Waals surface area contributed by atoms with E-state index in [1.165, 1.54) is 6.92 Å². The zero-order chi connectivity index (χ0) is 14.5. The number of hydrogen-bond donors (Lipinski definition) is 2. The fourth-order valence-electron chi connectivity index (χ4n) is 2.01. The van der Waals surface area contributed by atoms with Crippen molar-refractivity contribution in [1.82, 2.24) is 0 Å². The van der Waals surface area contributed by atoms with E-state index < -0.39 is 17.8 Å². The molecule has 1 aromatic carbocycles. The summed E-state index contributed by atoms with van der Waals surface area (Å²) >= 11 is 0. The van der Waals surface area contributed by atoms with Crippen LogP contribution < -0.4 is 10.2 Å². The van der Waals surface area contributed by atoms with E-state index in [1.807, 2.05) is 18.2 Å². The van der Waals surface area contributed by atoms with E-state index in [2.05, 4.69) is 10.2 Å². The molecule has 108 valence electrons. The standard InChI is InChI=1S/C14H18N2O4/c1-10(14(18)19)13(17)15-11-4-2-3-5-12(11)16-6-8-20-9-7-16/h2-5,10H,6-9H2,1H3,(H,15,17)(H,18,19). The number of rotatable bonds is 4. The zero-order valence-electron chi connectivity index (χ0n) is 11.3. The summed E-state index contributed by atoms with van der Waals surface area (Å²) in [6.07, 6.45) is 0. The number of carbonyl (C=O) groups excluding carboxylic acids is 1. The number of ether oxygens (including phenoxy) is 1. The van der Waals surface area contributed by atoms with Crippen LogP contribution in [-0.4, -0.2) is 43.3 Å². The van der Waals surface area contributed by atoms with Crippen molar-refractivity contribution in [3.63, 3.8) is 0 Å². The summed E-state index contributed by atoms with van der Waals surface area (Å²) < 4.78 is 5.31. The van der Waals surface area contributed by atoms with Crippen LogP contribution in [0.4, 0.5) is 11.4 Å². The molecule has 0 saturated carbocycles. The molecule has 1 heterocycles. The quantitative estimate of drug-likeness (QED) is 0.809. The van der Waals surface area contributed by atoms with Gasteiger partial charge >= 0.3 is 5.97 Å². The number of benzene rings is 1. The van der Waals surface area contributed by atoms with E-state index in [1.54, 1.807) is 6.07 Å². The van der Waals surface area contributed by atoms with Crippen LogP contribution in [0.1, 0.15) is 6.92 Å². The SMILES string of the molecule is CC(C(=O)O)C(=O)Nc1ccccc1N1CCOCC1. The average molecular weight is 278 g/mol. The Hall–Kier alpha value is -2.08. The Bertz CT molecular complexity index is 498. The van der Waals surface area contributed by atoms with Crippen molar-refractivity contribution < 1.29 is 19.4 Å². The number of para-hydroxylation sites is 2. The molecule has 6 heteroatoms. The number of nitrogens with zero attached hydrogens (tertiary/aromatic N) is 1. The molecule has 1 aliphatic rings. The molecule has 0 aliphatic carbocycles. The van der Waals surface area contributed by atoms with Crippen molar-refractivity contribution in [2.75, 3.05) is 36.5 Å². The van der Waals surface area contributed by atoms with Crippen LogP contribution in [0.3, 0.4) is 0 Å². The number of anilines is 2. The van der Waals surface area contributed by atoms with E-state index in [4.69, 9.17) is 9.84 Å². The van der Waals surface area contributed by atoms with Crippen molar-refractivity contribution in [1.29, 1.82) is 0 Å². The van der Waals surface area contributed by atoms with Crippen LogP contribution in [0.5, 0.6) is 0 Å². The zero-order valence-corrected chi connectivity index (χ0v) is 11.3. The van der Waals surface area contributed by atoms with Gasteiger partial charge < -0.3 is 20.1 Å². The van der Waals surface area contributed by atoms with Gasteiger partial charge in [-0.15, -0.1) is 0 Å². The highest BCUT2D eigenvalue weighted by Crippen LogP contribution is 2.26. The topological polar surface area (TPSA) is 78.9 Å². The number of nitrogens with one attached hydrogen (secondary N) is 1. The first kappa shape index (κ1) is 14.3. The molecular weight excluding hydrogens is 260 g/mol. The average Bonchev–Trinajstić information content (AvgIpc) is 2.47. The predicted molar refractivity (Wildman–Crippen MR) is 74.9 cm³/mol. The minimum absolute atomic E-state index is 0.516. The van der Waals surface area contributed by atoms with E-state index in [-0.39, 0.29) is 0 Å². The van der Waals surface area contributed by atoms with Crippen LogP contribution >= 0.6 is 0 Å². The Morgan fingerprint density at radius 3 is 2.60 bits per heavy atom. The minimum Gasteiger partial charge on any atom is -0.481 e. The van der Waals surface area contributed by atoms with Crippen LogP contribution in [-0.2, 0) is 14.3 Å². The molecule has 2 N–H and O–H groups in total. The largest absolute Gasteiger partial charge is 0.481 e. The van der Waals surface area contributed by atoms with Gasteiger partial charge in [-0.1, -0.05) is 12.1 Å². The Kier molecular flexibility index (Phi) is 4.57. The van der Waals surface area contributed by atoms with Gasteiger partial charge in [0, 0.05) is 13.1 Å². The molecule has 20 heavy (non-hydrogen) atoms. The Morgan fingerprint density at radius 1 is 1.30 bits per heavy atom. The molecule has 2 rings (SSSR count). The molecule has 0 radical (unpaired) electrons. The number of aliphatic carboxylic acids is 1. The highest BCUT2D eigenvalue weighted by molar-refractivity contribution is 6.05. The lowest BCUT2D eigenvalue weighted by molar-refractivity contribution is -0.144. The molecule has 0 bridgehead atoms. The molecule has 0 spiro atoms. The van der Waals surface area contributed by atoms with Crippen LogP contribution in [0.25, 0.3) is 0 Å². The molecule has 1 unspecified atom stereocenters. The molecule has 6 nitrogen and oxygen atoms in total. The normalized spacial score (nSPS) is 16.6. The Labute approximate surface area is 117 Å². The van der Waals surface area contributed by atoms with Crippen molar-refractivity contribution in [3.05, 3.63) is 24.3 Å². The molecule has 0 aromatic heterocycles. The van der Waals surface area contributed by atoms with Gasteiger partial charge in [0.25, 0.3) is 0 Å². The number of carboxylic acid groups (broad SMARTS) is 1. The lowest BCUT2D eigenvalue weighted by Crippen LogP contribution is -2.37. The maximum absolute atomic E-state index is 11.9. The maximum atomic E-state index is 11.9. The highest BCUT2D eigenvalue weighted by Gasteiger charge is 2.22. The number of amides is 1. The summed E-state index contributed by atoms with van der Waals surface area (Å²) in [5.74, 6) is -2.72. The highest BCUT2D eigenvalue weighted by atomic mass is 16.5. The molecular formula is C14H18N2O4. The molecule has 1 aliphatic heterocycles. The summed E-state index contributed by atoms with van der Waals surface area (Å²) in [4.78, 5) is 24.8. The number of morpholine rings is 1. The first-order valence-electron chi connectivity index (χ1n) is 6.55. The number of hydrogen-bond acceptors (Lipinski definition) is 4. The second-order valence-electron chi connectivity index (χ2n) is 4.67. The van der Waals surface area contributed by atoms with Gasteiger partial charge in [-0.25, -0.2) is 0 Å². The minimum atomic E-state index is -1.13. The van der Waals surface area contributed by atoms with Crippen LogP contribution in [0, 0.1) is 5.92 Å². The summed E-state index contributed by atoms with van der Waals surface area (Å²) in [5, 5.41) is 11.5. The number of carboxylic acids is 1. The van der Waals surface area contributed by atoms with Gasteiger partial charge in [-0.3, -0.25) is 9.59 Å². The van der Waals surface area contributed by atoms with Gasteiger partial charge in [-0.2, -0.15) is 0 Å². The monoisotopic (exact) mass is 278 g/mol. The third-order valence-electron chi connectivity index (χ3n) is 3.28. The molecule has 1 saturated heterocycles. The predicted octanol–water partition coefficient (Wildman–Crippen LogP) is 1.18. The number of carbonyl (C=O) groups is 2. The van der Waals surface area contributed by atoms with E-state index in [9.17, 15) is 9.59 Å². The second-order valence-corrected chi connectivity index (χ2v) is 4.67. The third-order valence-corrected chi connectivity index (χ3v) is 3.28. The van der Waals surface area contributed by atoms with Crippen molar-refractivity contribution >= 4 is 23.3 Å². The fraction of sp³-hybridized carbons (Fsp3) is 0.429. The van der Waals surface area contributed by atoms with Crippen molar-refractivity contribution in [2.45, 2.75) is 6.92 Å². The van der Waals surface area contributed by atoms with Gasteiger partial charge in [0.05, 0.1) is 24.6 Å². The summed E-state index contributed by atoms with van der Waals surface area (Å²) in [6, 6.07) is 7.38. The molecule has 1 aromatic rings. The van der Waals surface area contributed by atoms with Crippen LogP contribution in [0.2, 0.25) is 0 Å². The van der Waals surface area contributed by atoms with Gasteiger partial charge in [-0.05, 0) is 19.1 Å². The lowest BCUT2D eigenvalue weighted by atomic mass is 10.1. The lowest BCUT2D eigenvalue weighted by Gasteiger charge is -2.30. The first-order chi connectivity index (χ1) is 9.59. The third kappa shape index (κ3) is 3.27. The Balaban J connectivity index is 2.15. The van der Waals surface area contributed by atoms with E-state index >= 15 is 0 Å². The van der Waals surface area contributed by atoms with Gasteiger partial charge in [0.15, 0.2) is 0 Å². The second kappa shape index (κ2) is 6.38. The fourth-order valence-corrected chi connectivity index (χ4v) is 2.01. The Morgan fingerprint density at radius 2 is 1.95 bits per heavy atom. The van der Waals surface area contributed by atoms with E-state index in [0.29, 0.717) is 18.9 Å². The smallest absolute Gasteiger partial charge is 0.315 e. The summed E-state index contributed by atoms with van der Waals surface area (Å²) in [5.41, 5.74) is 1.52.